The van der Waals surface area contributed by atoms with Crippen molar-refractivity contribution in [3.63, 3.8) is 0 Å². The minimum atomic E-state index is 0.0776. The van der Waals surface area contributed by atoms with E-state index in [1.165, 1.54) is 0 Å². The van der Waals surface area contributed by atoms with Crippen LogP contribution in [0.2, 0.25) is 0 Å². The topological polar surface area (TPSA) is 53.4 Å². The standard InChI is InChI=1S/C16H17NO2/c1-11(2)16-14(18)9-12(10-15(16)19)6-7-13-5-3-4-8-17-13/h3-11,18-19H,1-2H3/b7-6+. The second kappa shape index (κ2) is 5.57. The van der Waals surface area contributed by atoms with Gasteiger partial charge in [-0.05, 0) is 41.8 Å². The van der Waals surface area contributed by atoms with Crippen LogP contribution in [0.4, 0.5) is 0 Å². The van der Waals surface area contributed by atoms with E-state index in [1.807, 2.05) is 44.2 Å². The summed E-state index contributed by atoms with van der Waals surface area (Å²) < 4.78 is 0. The lowest BCUT2D eigenvalue weighted by atomic mass is 9.98. The average molecular weight is 255 g/mol. The van der Waals surface area contributed by atoms with E-state index >= 15 is 0 Å². The van der Waals surface area contributed by atoms with Crippen molar-refractivity contribution in [2.45, 2.75) is 19.8 Å². The number of phenolic OH excluding ortho intramolecular Hbond substituents is 2. The Balaban J connectivity index is 2.30. The van der Waals surface area contributed by atoms with Gasteiger partial charge in [0.05, 0.1) is 5.69 Å². The molecule has 0 aliphatic carbocycles. The predicted octanol–water partition coefficient (Wildman–Crippen LogP) is 3.79. The van der Waals surface area contributed by atoms with Gasteiger partial charge in [-0.2, -0.15) is 0 Å². The molecule has 19 heavy (non-hydrogen) atoms. The maximum absolute atomic E-state index is 9.93. The first-order valence-electron chi connectivity index (χ1n) is 6.23. The monoisotopic (exact) mass is 255 g/mol. The van der Waals surface area contributed by atoms with Gasteiger partial charge < -0.3 is 10.2 Å². The van der Waals surface area contributed by atoms with Crippen molar-refractivity contribution in [1.82, 2.24) is 4.98 Å². The molecule has 0 unspecified atom stereocenters. The Bertz CT molecular complexity index is 566. The van der Waals surface area contributed by atoms with Gasteiger partial charge in [-0.15, -0.1) is 0 Å². The summed E-state index contributed by atoms with van der Waals surface area (Å²) in [6.07, 6.45) is 5.37. The second-order valence-corrected chi connectivity index (χ2v) is 4.72. The van der Waals surface area contributed by atoms with Crippen LogP contribution in [-0.2, 0) is 0 Å². The van der Waals surface area contributed by atoms with Gasteiger partial charge in [-0.3, -0.25) is 4.98 Å². The molecule has 0 aliphatic rings. The van der Waals surface area contributed by atoms with Crippen molar-refractivity contribution in [3.05, 3.63) is 53.3 Å². The third-order valence-electron chi connectivity index (χ3n) is 2.87. The van der Waals surface area contributed by atoms with Crippen molar-refractivity contribution < 1.29 is 10.2 Å². The Hall–Kier alpha value is -2.29. The molecule has 3 heteroatoms. The SMILES string of the molecule is CC(C)c1c(O)cc(/C=C/c2ccccn2)cc1O. The van der Waals surface area contributed by atoms with Crippen LogP contribution in [0.5, 0.6) is 11.5 Å². The molecule has 0 spiro atoms. The number of aromatic nitrogens is 1. The van der Waals surface area contributed by atoms with Crippen molar-refractivity contribution in [3.8, 4) is 11.5 Å². The number of hydrogen-bond acceptors (Lipinski definition) is 3. The number of phenols is 2. The van der Waals surface area contributed by atoms with E-state index < -0.39 is 0 Å². The van der Waals surface area contributed by atoms with Crippen LogP contribution in [0.25, 0.3) is 12.2 Å². The van der Waals surface area contributed by atoms with Crippen molar-refractivity contribution in [2.75, 3.05) is 0 Å². The molecule has 2 N–H and O–H groups in total. The molecule has 98 valence electrons. The van der Waals surface area contributed by atoms with Crippen LogP contribution < -0.4 is 0 Å². The van der Waals surface area contributed by atoms with Crippen LogP contribution in [0.15, 0.2) is 36.5 Å². The summed E-state index contributed by atoms with van der Waals surface area (Å²) in [4.78, 5) is 4.17. The summed E-state index contributed by atoms with van der Waals surface area (Å²) in [5.74, 6) is 0.320. The third kappa shape index (κ3) is 3.13. The molecule has 0 atom stereocenters. The maximum atomic E-state index is 9.93. The lowest BCUT2D eigenvalue weighted by Crippen LogP contribution is -1.90. The highest BCUT2D eigenvalue weighted by Crippen LogP contribution is 2.35. The zero-order chi connectivity index (χ0) is 13.8. The van der Waals surface area contributed by atoms with Gasteiger partial charge in [0.2, 0.25) is 0 Å². The maximum Gasteiger partial charge on any atom is 0.123 e. The fraction of sp³-hybridized carbons (Fsp3) is 0.188. The quantitative estimate of drug-likeness (QED) is 0.877. The fourth-order valence-electron chi connectivity index (χ4n) is 1.99. The van der Waals surface area contributed by atoms with Gasteiger partial charge in [0.15, 0.2) is 0 Å². The number of nitrogens with zero attached hydrogens (tertiary/aromatic N) is 1. The molecule has 0 fully saturated rings. The third-order valence-corrected chi connectivity index (χ3v) is 2.87. The minimum Gasteiger partial charge on any atom is -0.507 e. The molecule has 0 radical (unpaired) electrons. The van der Waals surface area contributed by atoms with E-state index in [-0.39, 0.29) is 17.4 Å². The first kappa shape index (κ1) is 13.1. The van der Waals surface area contributed by atoms with Gasteiger partial charge >= 0.3 is 0 Å². The highest BCUT2D eigenvalue weighted by molar-refractivity contribution is 5.70. The minimum absolute atomic E-state index is 0.0776. The Morgan fingerprint density at radius 3 is 2.26 bits per heavy atom. The highest BCUT2D eigenvalue weighted by Gasteiger charge is 2.12. The zero-order valence-electron chi connectivity index (χ0n) is 11.0. The smallest absolute Gasteiger partial charge is 0.123 e. The molecule has 1 heterocycles. The molecule has 1 aromatic heterocycles. The predicted molar refractivity (Wildman–Crippen MR) is 77.0 cm³/mol. The second-order valence-electron chi connectivity index (χ2n) is 4.72. The van der Waals surface area contributed by atoms with Crippen LogP contribution in [-0.4, -0.2) is 15.2 Å². The van der Waals surface area contributed by atoms with E-state index in [2.05, 4.69) is 4.98 Å². The summed E-state index contributed by atoms with van der Waals surface area (Å²) in [5, 5.41) is 19.9. The van der Waals surface area contributed by atoms with Crippen molar-refractivity contribution >= 4 is 12.2 Å². The number of pyridine rings is 1. The average Bonchev–Trinajstić information content (AvgIpc) is 2.36. The fourth-order valence-corrected chi connectivity index (χ4v) is 1.99. The summed E-state index contributed by atoms with van der Waals surface area (Å²) >= 11 is 0. The lowest BCUT2D eigenvalue weighted by molar-refractivity contribution is 0.433. The highest BCUT2D eigenvalue weighted by atomic mass is 16.3. The van der Waals surface area contributed by atoms with E-state index in [4.69, 9.17) is 0 Å². The van der Waals surface area contributed by atoms with E-state index in [0.29, 0.717) is 5.56 Å². The molecule has 1 aromatic carbocycles. The molecule has 0 bridgehead atoms. The first-order valence-corrected chi connectivity index (χ1v) is 6.23. The zero-order valence-corrected chi connectivity index (χ0v) is 11.0. The Morgan fingerprint density at radius 1 is 1.05 bits per heavy atom. The van der Waals surface area contributed by atoms with Gasteiger partial charge in [-0.25, -0.2) is 0 Å². The molecule has 0 aliphatic heterocycles. The normalized spacial score (nSPS) is 11.3. The Morgan fingerprint density at radius 2 is 1.74 bits per heavy atom. The molecule has 0 saturated heterocycles. The van der Waals surface area contributed by atoms with Crippen molar-refractivity contribution in [2.24, 2.45) is 0 Å². The molecule has 3 nitrogen and oxygen atoms in total. The number of rotatable bonds is 3. The van der Waals surface area contributed by atoms with Crippen LogP contribution in [0.1, 0.15) is 36.6 Å². The summed E-state index contributed by atoms with van der Waals surface area (Å²) in [6.45, 7) is 3.86. The summed E-state index contributed by atoms with van der Waals surface area (Å²) in [7, 11) is 0. The van der Waals surface area contributed by atoms with E-state index in [0.717, 1.165) is 11.3 Å². The summed E-state index contributed by atoms with van der Waals surface area (Å²) in [6, 6.07) is 8.94. The Kier molecular flexibility index (Phi) is 3.85. The molecule has 2 aromatic rings. The Labute approximate surface area is 112 Å². The van der Waals surface area contributed by atoms with Gasteiger partial charge in [-0.1, -0.05) is 26.0 Å². The molecular formula is C16H17NO2. The van der Waals surface area contributed by atoms with Gasteiger partial charge in [0, 0.05) is 11.8 Å². The first-order chi connectivity index (χ1) is 9.08. The molecule has 0 amide bonds. The van der Waals surface area contributed by atoms with E-state index in [9.17, 15) is 10.2 Å². The molecule has 0 saturated carbocycles. The van der Waals surface area contributed by atoms with Crippen molar-refractivity contribution in [1.29, 1.82) is 0 Å². The molecular weight excluding hydrogens is 238 g/mol. The van der Waals surface area contributed by atoms with Crippen LogP contribution in [0.3, 0.4) is 0 Å². The van der Waals surface area contributed by atoms with Gasteiger partial charge in [0.25, 0.3) is 0 Å². The number of hydrogen-bond donors (Lipinski definition) is 2. The molecule has 2 rings (SSSR count). The van der Waals surface area contributed by atoms with E-state index in [1.54, 1.807) is 18.3 Å². The summed E-state index contributed by atoms with van der Waals surface area (Å²) in [5.41, 5.74) is 2.15. The number of benzene rings is 1. The largest absolute Gasteiger partial charge is 0.507 e. The van der Waals surface area contributed by atoms with Crippen LogP contribution >= 0.6 is 0 Å². The van der Waals surface area contributed by atoms with Crippen LogP contribution in [0, 0.1) is 0 Å². The lowest BCUT2D eigenvalue weighted by Gasteiger charge is -2.11. The number of aromatic hydroxyl groups is 2. The van der Waals surface area contributed by atoms with Gasteiger partial charge in [0.1, 0.15) is 11.5 Å².